The molecule has 108 valence electrons. The summed E-state index contributed by atoms with van der Waals surface area (Å²) < 4.78 is 4.87. The molecule has 0 saturated carbocycles. The summed E-state index contributed by atoms with van der Waals surface area (Å²) in [5, 5.41) is 0. The van der Waals surface area contributed by atoms with Crippen molar-refractivity contribution < 1.29 is 14.3 Å². The van der Waals surface area contributed by atoms with Crippen LogP contribution in [0, 0.1) is 6.92 Å². The molecule has 0 spiro atoms. The van der Waals surface area contributed by atoms with E-state index in [1.54, 1.807) is 11.3 Å². The number of ether oxygens (including phenoxy) is 1. The van der Waals surface area contributed by atoms with E-state index in [0.29, 0.717) is 5.56 Å². The van der Waals surface area contributed by atoms with Crippen LogP contribution in [0.1, 0.15) is 43.6 Å². The largest absolute Gasteiger partial charge is 0.469 e. The minimum absolute atomic E-state index is 0.0520. The van der Waals surface area contributed by atoms with Crippen molar-refractivity contribution in [1.82, 2.24) is 0 Å². The Balaban J connectivity index is 2.03. The fraction of sp³-hybridized carbons (Fsp3) is 0.294. The monoisotopic (exact) mass is 300 g/mol. The first kappa shape index (κ1) is 14.0. The fourth-order valence-electron chi connectivity index (χ4n) is 2.96. The normalized spacial score (nSPS) is 16.6. The van der Waals surface area contributed by atoms with Crippen LogP contribution < -0.4 is 0 Å². The maximum absolute atomic E-state index is 12.7. The van der Waals surface area contributed by atoms with Gasteiger partial charge in [0, 0.05) is 20.9 Å². The molecule has 21 heavy (non-hydrogen) atoms. The molecule has 1 unspecified atom stereocenters. The van der Waals surface area contributed by atoms with E-state index >= 15 is 0 Å². The summed E-state index contributed by atoms with van der Waals surface area (Å²) >= 11 is 1.56. The second-order valence-corrected chi connectivity index (χ2v) is 6.44. The zero-order valence-corrected chi connectivity index (χ0v) is 12.8. The second-order valence-electron chi connectivity index (χ2n) is 5.19. The molecule has 1 aromatic carbocycles. The van der Waals surface area contributed by atoms with E-state index in [1.165, 1.54) is 7.11 Å². The van der Waals surface area contributed by atoms with Gasteiger partial charge in [-0.2, -0.15) is 0 Å². The van der Waals surface area contributed by atoms with Gasteiger partial charge >= 0.3 is 5.97 Å². The predicted molar refractivity (Wildman–Crippen MR) is 82.0 cm³/mol. The molecule has 3 rings (SSSR count). The van der Waals surface area contributed by atoms with Gasteiger partial charge in [-0.15, -0.1) is 11.3 Å². The van der Waals surface area contributed by atoms with Crippen molar-refractivity contribution in [3.05, 3.63) is 56.8 Å². The standard InChI is InChI=1S/C17H16O3S/c1-10-14(15(18)11-6-4-3-5-7-11)12-8-9-13(16(12)21-10)17(19)20-2/h3-7,13H,8-9H2,1-2H3. The lowest BCUT2D eigenvalue weighted by Crippen LogP contribution is -2.10. The van der Waals surface area contributed by atoms with Crippen LogP contribution in [0.2, 0.25) is 0 Å². The molecule has 2 aromatic rings. The quantitative estimate of drug-likeness (QED) is 0.644. The van der Waals surface area contributed by atoms with E-state index in [2.05, 4.69) is 0 Å². The third kappa shape index (κ3) is 2.29. The highest BCUT2D eigenvalue weighted by molar-refractivity contribution is 7.12. The summed E-state index contributed by atoms with van der Waals surface area (Å²) in [5.41, 5.74) is 2.53. The number of ketones is 1. The number of aryl methyl sites for hydroxylation is 1. The molecule has 0 N–H and O–H groups in total. The van der Waals surface area contributed by atoms with Crippen molar-refractivity contribution in [1.29, 1.82) is 0 Å². The number of methoxy groups -OCH3 is 1. The van der Waals surface area contributed by atoms with E-state index in [0.717, 1.165) is 33.7 Å². The van der Waals surface area contributed by atoms with E-state index in [9.17, 15) is 9.59 Å². The smallest absolute Gasteiger partial charge is 0.313 e. The van der Waals surface area contributed by atoms with Gasteiger partial charge in [0.2, 0.25) is 0 Å². The summed E-state index contributed by atoms with van der Waals surface area (Å²) in [7, 11) is 1.41. The minimum atomic E-state index is -0.203. The Hall–Kier alpha value is -1.94. The van der Waals surface area contributed by atoms with Crippen LogP contribution in [0.3, 0.4) is 0 Å². The van der Waals surface area contributed by atoms with Crippen LogP contribution in [0.5, 0.6) is 0 Å². The SMILES string of the molecule is COC(=O)C1CCc2c1sc(C)c2C(=O)c1ccccc1. The second kappa shape index (κ2) is 5.45. The number of esters is 1. The van der Waals surface area contributed by atoms with Gasteiger partial charge in [-0.3, -0.25) is 9.59 Å². The first-order chi connectivity index (χ1) is 10.1. The van der Waals surface area contributed by atoms with Gasteiger partial charge in [-0.1, -0.05) is 30.3 Å². The van der Waals surface area contributed by atoms with Gasteiger partial charge < -0.3 is 4.74 Å². The number of hydrogen-bond donors (Lipinski definition) is 0. The molecule has 1 heterocycles. The number of benzene rings is 1. The molecule has 0 saturated heterocycles. The van der Waals surface area contributed by atoms with Crippen LogP contribution in [0.4, 0.5) is 0 Å². The summed E-state index contributed by atoms with van der Waals surface area (Å²) in [5.74, 6) is -0.351. The van der Waals surface area contributed by atoms with Gasteiger partial charge in [0.05, 0.1) is 13.0 Å². The third-order valence-electron chi connectivity index (χ3n) is 3.96. The van der Waals surface area contributed by atoms with Gasteiger partial charge in [0.1, 0.15) is 0 Å². The molecule has 1 atom stereocenters. The first-order valence-corrected chi connectivity index (χ1v) is 7.75. The lowest BCUT2D eigenvalue weighted by atomic mass is 9.99. The van der Waals surface area contributed by atoms with E-state index in [1.807, 2.05) is 37.3 Å². The Morgan fingerprint density at radius 1 is 1.24 bits per heavy atom. The molecule has 1 aliphatic rings. The molecule has 1 aliphatic carbocycles. The maximum Gasteiger partial charge on any atom is 0.313 e. The number of hydrogen-bond acceptors (Lipinski definition) is 4. The fourth-order valence-corrected chi connectivity index (χ4v) is 4.29. The summed E-state index contributed by atoms with van der Waals surface area (Å²) in [6, 6.07) is 9.30. The molecule has 0 radical (unpaired) electrons. The van der Waals surface area contributed by atoms with Crippen LogP contribution >= 0.6 is 11.3 Å². The predicted octanol–water partition coefficient (Wildman–Crippen LogP) is 3.49. The number of thiophene rings is 1. The Morgan fingerprint density at radius 3 is 2.62 bits per heavy atom. The molecule has 0 fully saturated rings. The highest BCUT2D eigenvalue weighted by atomic mass is 32.1. The van der Waals surface area contributed by atoms with Gasteiger partial charge in [0.15, 0.2) is 5.78 Å². The van der Waals surface area contributed by atoms with Crippen molar-refractivity contribution in [2.45, 2.75) is 25.7 Å². The highest BCUT2D eigenvalue weighted by Crippen LogP contribution is 2.43. The average Bonchev–Trinajstić information content (AvgIpc) is 3.04. The van der Waals surface area contributed by atoms with E-state index in [4.69, 9.17) is 4.74 Å². The molecule has 3 nitrogen and oxygen atoms in total. The lowest BCUT2D eigenvalue weighted by molar-refractivity contribution is -0.142. The Kier molecular flexibility index (Phi) is 3.64. The number of rotatable bonds is 3. The molecular weight excluding hydrogens is 284 g/mol. The lowest BCUT2D eigenvalue weighted by Gasteiger charge is -2.05. The Labute approximate surface area is 127 Å². The van der Waals surface area contributed by atoms with E-state index < -0.39 is 0 Å². The molecule has 1 aromatic heterocycles. The Morgan fingerprint density at radius 2 is 1.95 bits per heavy atom. The topological polar surface area (TPSA) is 43.4 Å². The summed E-state index contributed by atoms with van der Waals surface area (Å²) in [6.45, 7) is 1.95. The van der Waals surface area contributed by atoms with Crippen molar-refractivity contribution in [2.24, 2.45) is 0 Å². The zero-order chi connectivity index (χ0) is 15.0. The molecule has 4 heteroatoms. The summed E-state index contributed by atoms with van der Waals surface area (Å²) in [6.07, 6.45) is 1.51. The number of carbonyl (C=O) groups excluding carboxylic acids is 2. The van der Waals surface area contributed by atoms with Crippen LogP contribution in [0.15, 0.2) is 30.3 Å². The van der Waals surface area contributed by atoms with Crippen LogP contribution in [-0.2, 0) is 16.0 Å². The molecular formula is C17H16O3S. The molecule has 0 bridgehead atoms. The van der Waals surface area contributed by atoms with Crippen molar-refractivity contribution in [3.8, 4) is 0 Å². The Bertz CT molecular complexity index is 700. The van der Waals surface area contributed by atoms with Gasteiger partial charge in [0.25, 0.3) is 0 Å². The zero-order valence-electron chi connectivity index (χ0n) is 12.0. The third-order valence-corrected chi connectivity index (χ3v) is 5.22. The van der Waals surface area contributed by atoms with Crippen molar-refractivity contribution in [2.75, 3.05) is 7.11 Å². The maximum atomic E-state index is 12.7. The first-order valence-electron chi connectivity index (χ1n) is 6.93. The number of carbonyl (C=O) groups is 2. The van der Waals surface area contributed by atoms with Crippen molar-refractivity contribution >= 4 is 23.1 Å². The minimum Gasteiger partial charge on any atom is -0.469 e. The number of fused-ring (bicyclic) bond motifs is 1. The van der Waals surface area contributed by atoms with Crippen LogP contribution in [0.25, 0.3) is 0 Å². The highest BCUT2D eigenvalue weighted by Gasteiger charge is 2.35. The molecule has 0 amide bonds. The van der Waals surface area contributed by atoms with Gasteiger partial charge in [-0.25, -0.2) is 0 Å². The summed E-state index contributed by atoms with van der Waals surface area (Å²) in [4.78, 5) is 26.6. The van der Waals surface area contributed by atoms with Gasteiger partial charge in [-0.05, 0) is 25.3 Å². The van der Waals surface area contributed by atoms with Crippen LogP contribution in [-0.4, -0.2) is 18.9 Å². The molecule has 0 aliphatic heterocycles. The van der Waals surface area contributed by atoms with Crippen molar-refractivity contribution in [3.63, 3.8) is 0 Å². The average molecular weight is 300 g/mol. The van der Waals surface area contributed by atoms with E-state index in [-0.39, 0.29) is 17.7 Å².